The lowest BCUT2D eigenvalue weighted by Gasteiger charge is -2.22. The molecule has 11 heteroatoms. The zero-order valence-corrected chi connectivity index (χ0v) is 25.0. The fourth-order valence-electron chi connectivity index (χ4n) is 3.48. The van der Waals surface area contributed by atoms with Crippen molar-refractivity contribution in [2.75, 3.05) is 23.8 Å². The summed E-state index contributed by atoms with van der Waals surface area (Å²) in [6.45, 7) is 14.2. The fraction of sp³-hybridized carbons (Fsp3) is 0.379. The second kappa shape index (κ2) is 13.9. The predicted octanol–water partition coefficient (Wildman–Crippen LogP) is 5.53. The van der Waals surface area contributed by atoms with E-state index in [1.165, 1.54) is 37.4 Å². The second-order valence-corrected chi connectivity index (χ2v) is 11.6. The Morgan fingerprint density at radius 2 is 1.68 bits per heavy atom. The van der Waals surface area contributed by atoms with Gasteiger partial charge in [-0.1, -0.05) is 66.7 Å². The van der Waals surface area contributed by atoms with Crippen LogP contribution in [-0.4, -0.2) is 44.2 Å². The van der Waals surface area contributed by atoms with Crippen molar-refractivity contribution in [1.82, 2.24) is 10.2 Å². The monoisotopic (exact) mass is 570 g/mol. The Hall–Kier alpha value is -3.99. The first-order valence-corrected chi connectivity index (χ1v) is 14.4. The van der Waals surface area contributed by atoms with Crippen LogP contribution in [0.15, 0.2) is 59.5 Å². The van der Waals surface area contributed by atoms with Crippen LogP contribution >= 0.6 is 0 Å². The van der Waals surface area contributed by atoms with Gasteiger partial charge >= 0.3 is 5.97 Å². The Kier molecular flexibility index (Phi) is 11.2. The molecule has 0 aliphatic heterocycles. The number of sulfonamides is 1. The molecule has 40 heavy (non-hydrogen) atoms. The maximum atomic E-state index is 12.8. The van der Waals surface area contributed by atoms with Gasteiger partial charge in [0, 0.05) is 5.69 Å². The highest BCUT2D eigenvalue weighted by atomic mass is 32.2. The van der Waals surface area contributed by atoms with Crippen LogP contribution in [0.2, 0.25) is 0 Å². The lowest BCUT2D eigenvalue weighted by atomic mass is 9.85. The smallest absolute Gasteiger partial charge is 0.358 e. The van der Waals surface area contributed by atoms with Crippen molar-refractivity contribution >= 4 is 33.4 Å². The average Bonchev–Trinajstić information content (AvgIpc) is 2.92. The molecule has 0 fully saturated rings. The number of esters is 1. The highest BCUT2D eigenvalue weighted by Crippen LogP contribution is 2.32. The molecule has 0 spiro atoms. The van der Waals surface area contributed by atoms with E-state index >= 15 is 0 Å². The summed E-state index contributed by atoms with van der Waals surface area (Å²) < 4.78 is 38.4. The van der Waals surface area contributed by atoms with Gasteiger partial charge in [-0.15, -0.1) is 10.2 Å². The van der Waals surface area contributed by atoms with Gasteiger partial charge in [-0.2, -0.15) is 0 Å². The van der Waals surface area contributed by atoms with E-state index in [0.29, 0.717) is 5.75 Å². The van der Waals surface area contributed by atoms with Gasteiger partial charge in [0.25, 0.3) is 15.9 Å². The lowest BCUT2D eigenvalue weighted by Crippen LogP contribution is -2.21. The van der Waals surface area contributed by atoms with Gasteiger partial charge in [0.1, 0.15) is 5.75 Å². The van der Waals surface area contributed by atoms with Gasteiger partial charge in [-0.3, -0.25) is 9.52 Å². The first-order valence-electron chi connectivity index (χ1n) is 12.9. The van der Waals surface area contributed by atoms with Crippen LogP contribution < -0.4 is 14.8 Å². The molecule has 1 heterocycles. The summed E-state index contributed by atoms with van der Waals surface area (Å²) in [5.41, 5.74) is 2.22. The van der Waals surface area contributed by atoms with Gasteiger partial charge in [0.2, 0.25) is 0 Å². The first kappa shape index (κ1) is 32.2. The Morgan fingerprint density at radius 1 is 0.975 bits per heavy atom. The molecule has 0 saturated carbocycles. The molecule has 0 radical (unpaired) electrons. The van der Waals surface area contributed by atoms with Gasteiger partial charge in [0.05, 0.1) is 12.0 Å². The third-order valence-corrected chi connectivity index (χ3v) is 6.94. The van der Waals surface area contributed by atoms with Crippen molar-refractivity contribution in [2.24, 2.45) is 0 Å². The number of hydrogen-bond donors (Lipinski definition) is 2. The van der Waals surface area contributed by atoms with Gasteiger partial charge in [0.15, 0.2) is 18.1 Å². The average molecular weight is 571 g/mol. The van der Waals surface area contributed by atoms with Crippen LogP contribution in [0.1, 0.15) is 76.0 Å². The van der Waals surface area contributed by atoms with Gasteiger partial charge < -0.3 is 14.8 Å². The van der Waals surface area contributed by atoms with Crippen LogP contribution in [0.4, 0.5) is 11.5 Å². The van der Waals surface area contributed by atoms with Crippen molar-refractivity contribution in [3.8, 4) is 5.75 Å². The minimum absolute atomic E-state index is 0.0620. The molecule has 3 rings (SSSR count). The summed E-state index contributed by atoms with van der Waals surface area (Å²) in [4.78, 5) is 24.0. The third kappa shape index (κ3) is 8.77. The van der Waals surface area contributed by atoms with E-state index in [2.05, 4.69) is 65.7 Å². The number of carbonyl (C=O) groups excluding carboxylic acids is 2. The van der Waals surface area contributed by atoms with E-state index < -0.39 is 21.9 Å². The normalized spacial score (nSPS) is 11.2. The summed E-state index contributed by atoms with van der Waals surface area (Å²) in [7, 11) is -2.85. The number of rotatable bonds is 9. The summed E-state index contributed by atoms with van der Waals surface area (Å²) in [6.07, 6.45) is 0. The van der Waals surface area contributed by atoms with E-state index in [9.17, 15) is 18.0 Å². The standard InChI is InChI=1S/C27H32N4O6S.C2H6/c1-17(2)21-11-10-18(27(3,4)5)14-23(21)37-16-25(32)28-19-8-7-9-20(15-19)38(34,35)31-24-13-12-22(29-30-24)26(33)36-6;1-2/h7-15,17H,16H2,1-6H3,(H,28,32)(H,30,31);1-2H3. The second-order valence-electron chi connectivity index (χ2n) is 9.92. The number of nitrogens with zero attached hydrogens (tertiary/aromatic N) is 2. The molecule has 0 aliphatic carbocycles. The van der Waals surface area contributed by atoms with Crippen molar-refractivity contribution in [3.05, 3.63) is 71.4 Å². The minimum Gasteiger partial charge on any atom is -0.483 e. The summed E-state index contributed by atoms with van der Waals surface area (Å²) in [5, 5.41) is 10.0. The fourth-order valence-corrected chi connectivity index (χ4v) is 4.52. The minimum atomic E-state index is -4.05. The highest BCUT2D eigenvalue weighted by molar-refractivity contribution is 7.92. The Labute approximate surface area is 236 Å². The number of benzene rings is 2. The van der Waals surface area contributed by atoms with Crippen molar-refractivity contribution < 1.29 is 27.5 Å². The van der Waals surface area contributed by atoms with Crippen LogP contribution in [0, 0.1) is 0 Å². The number of amides is 1. The summed E-state index contributed by atoms with van der Waals surface area (Å²) >= 11 is 0. The molecular formula is C29H38N4O6S. The molecular weight excluding hydrogens is 532 g/mol. The molecule has 10 nitrogen and oxygen atoms in total. The van der Waals surface area contributed by atoms with Crippen molar-refractivity contribution in [1.29, 1.82) is 0 Å². The van der Waals surface area contributed by atoms with Gasteiger partial charge in [-0.05, 0) is 58.9 Å². The predicted molar refractivity (Wildman–Crippen MR) is 155 cm³/mol. The number of nitrogens with one attached hydrogen (secondary N) is 2. The van der Waals surface area contributed by atoms with E-state index in [1.807, 2.05) is 26.0 Å². The number of hydrogen-bond acceptors (Lipinski definition) is 8. The summed E-state index contributed by atoms with van der Waals surface area (Å²) in [6, 6.07) is 14.4. The van der Waals surface area contributed by atoms with Crippen LogP contribution in [-0.2, 0) is 25.0 Å². The largest absolute Gasteiger partial charge is 0.483 e. The zero-order valence-electron chi connectivity index (χ0n) is 24.2. The molecule has 0 atom stereocenters. The van der Waals surface area contributed by atoms with E-state index in [1.54, 1.807) is 6.07 Å². The molecule has 0 saturated heterocycles. The van der Waals surface area contributed by atoms with Crippen LogP contribution in [0.25, 0.3) is 0 Å². The van der Waals surface area contributed by atoms with E-state index in [-0.39, 0.29) is 40.0 Å². The van der Waals surface area contributed by atoms with E-state index in [4.69, 9.17) is 4.74 Å². The lowest BCUT2D eigenvalue weighted by molar-refractivity contribution is -0.118. The number of carbonyl (C=O) groups is 2. The van der Waals surface area contributed by atoms with Crippen LogP contribution in [0.3, 0.4) is 0 Å². The Bertz CT molecular complexity index is 1420. The SMILES string of the molecule is CC.COC(=O)c1ccc(NS(=O)(=O)c2cccc(NC(=O)COc3cc(C(C)(C)C)ccc3C(C)C)c2)nn1. The Balaban J connectivity index is 0.00000274. The molecule has 1 aromatic heterocycles. The molecule has 0 unspecified atom stereocenters. The van der Waals surface area contributed by atoms with Crippen LogP contribution in [0.5, 0.6) is 5.75 Å². The van der Waals surface area contributed by atoms with Crippen molar-refractivity contribution in [2.45, 2.75) is 64.7 Å². The number of aromatic nitrogens is 2. The molecule has 0 bridgehead atoms. The summed E-state index contributed by atoms with van der Waals surface area (Å²) in [5.74, 6) is -0.367. The molecule has 3 aromatic rings. The third-order valence-electron chi connectivity index (χ3n) is 5.59. The van der Waals surface area contributed by atoms with E-state index in [0.717, 1.165) is 11.1 Å². The number of methoxy groups -OCH3 is 1. The maximum Gasteiger partial charge on any atom is 0.358 e. The Morgan fingerprint density at radius 3 is 2.25 bits per heavy atom. The zero-order chi connectivity index (χ0) is 30.1. The molecule has 0 aliphatic rings. The number of ether oxygens (including phenoxy) is 2. The maximum absolute atomic E-state index is 12.8. The molecule has 2 aromatic carbocycles. The highest BCUT2D eigenvalue weighted by Gasteiger charge is 2.19. The molecule has 1 amide bonds. The van der Waals surface area contributed by atoms with Gasteiger partial charge in [-0.25, -0.2) is 13.2 Å². The topological polar surface area (TPSA) is 137 Å². The first-order chi connectivity index (χ1) is 18.8. The quantitative estimate of drug-likeness (QED) is 0.321. The van der Waals surface area contributed by atoms with Crippen molar-refractivity contribution in [3.63, 3.8) is 0 Å². The molecule has 216 valence electrons. The number of anilines is 2. The molecule has 2 N–H and O–H groups in total.